The lowest BCUT2D eigenvalue weighted by atomic mass is 9.92. The first kappa shape index (κ1) is 19.0. The summed E-state index contributed by atoms with van der Waals surface area (Å²) < 4.78 is 19.7. The summed E-state index contributed by atoms with van der Waals surface area (Å²) in [6.45, 7) is 1.43. The van der Waals surface area contributed by atoms with Crippen molar-refractivity contribution in [1.29, 1.82) is 0 Å². The maximum atomic E-state index is 14.5. The summed E-state index contributed by atoms with van der Waals surface area (Å²) in [4.78, 5) is 6.45. The molecule has 26 heavy (non-hydrogen) atoms. The predicted molar refractivity (Wildman–Crippen MR) is 104 cm³/mol. The van der Waals surface area contributed by atoms with Gasteiger partial charge in [0.2, 0.25) is 0 Å². The first-order valence-corrected chi connectivity index (χ1v) is 9.12. The quantitative estimate of drug-likeness (QED) is 0.856. The number of fused-ring (bicyclic) bond motifs is 1. The van der Waals surface area contributed by atoms with Crippen LogP contribution in [0.25, 0.3) is 0 Å². The molecule has 1 N–H and O–H groups in total. The van der Waals surface area contributed by atoms with Crippen molar-refractivity contribution in [2.75, 3.05) is 20.2 Å². The third-order valence-corrected chi connectivity index (χ3v) is 6.10. The number of amidine groups is 1. The molecule has 1 fully saturated rings. The Morgan fingerprint density at radius 3 is 2.65 bits per heavy atom. The van der Waals surface area contributed by atoms with Crippen LogP contribution in [-0.4, -0.2) is 35.4 Å². The minimum Gasteiger partial charge on any atom is -0.497 e. The zero-order chi connectivity index (χ0) is 17.4. The van der Waals surface area contributed by atoms with E-state index in [4.69, 9.17) is 4.74 Å². The highest BCUT2D eigenvalue weighted by Crippen LogP contribution is 2.55. The Hall–Kier alpha value is -1.76. The first-order valence-electron chi connectivity index (χ1n) is 8.24. The normalized spacial score (nSPS) is 24.5. The highest BCUT2D eigenvalue weighted by molar-refractivity contribution is 8.14. The van der Waals surface area contributed by atoms with Gasteiger partial charge in [-0.3, -0.25) is 4.99 Å². The molecule has 2 unspecified atom stereocenters. The van der Waals surface area contributed by atoms with Gasteiger partial charge in [0.25, 0.3) is 0 Å². The molecule has 0 bridgehead atoms. The second kappa shape index (κ2) is 7.47. The van der Waals surface area contributed by atoms with Crippen LogP contribution in [0.3, 0.4) is 0 Å². The molecule has 0 spiro atoms. The number of halogens is 2. The van der Waals surface area contributed by atoms with Crippen molar-refractivity contribution in [3.63, 3.8) is 0 Å². The third-order valence-electron chi connectivity index (χ3n) is 4.72. The van der Waals surface area contributed by atoms with Crippen LogP contribution < -0.4 is 4.74 Å². The zero-order valence-electron chi connectivity index (χ0n) is 14.3. The number of hydrogen-bond donors (Lipinski definition) is 1. The van der Waals surface area contributed by atoms with E-state index in [1.807, 2.05) is 29.2 Å². The summed E-state index contributed by atoms with van der Waals surface area (Å²) >= 11 is 1.43. The minimum absolute atomic E-state index is 0. The van der Waals surface area contributed by atoms with Gasteiger partial charge in [0.05, 0.1) is 12.4 Å². The highest BCUT2D eigenvalue weighted by atomic mass is 35.5. The van der Waals surface area contributed by atoms with Crippen molar-refractivity contribution in [3.8, 4) is 5.75 Å². The van der Waals surface area contributed by atoms with E-state index in [1.165, 1.54) is 17.8 Å². The Labute approximate surface area is 162 Å². The maximum Gasteiger partial charge on any atom is 0.182 e. The van der Waals surface area contributed by atoms with Crippen LogP contribution in [0, 0.1) is 5.82 Å². The van der Waals surface area contributed by atoms with Crippen LogP contribution in [0.15, 0.2) is 53.5 Å². The van der Waals surface area contributed by atoms with Gasteiger partial charge in [-0.25, -0.2) is 4.39 Å². The van der Waals surface area contributed by atoms with E-state index >= 15 is 0 Å². The fraction of sp³-hybridized carbons (Fsp3) is 0.316. The van der Waals surface area contributed by atoms with E-state index in [0.29, 0.717) is 23.4 Å². The molecular formula is C19H20ClFN2O2S. The lowest BCUT2D eigenvalue weighted by Gasteiger charge is -2.39. The Bertz CT molecular complexity index is 817. The van der Waals surface area contributed by atoms with E-state index in [2.05, 4.69) is 4.99 Å². The molecule has 2 aromatic carbocycles. The summed E-state index contributed by atoms with van der Waals surface area (Å²) in [5, 5.41) is 12.1. The van der Waals surface area contributed by atoms with Crippen molar-refractivity contribution >= 4 is 29.3 Å². The van der Waals surface area contributed by atoms with Crippen molar-refractivity contribution in [3.05, 3.63) is 65.5 Å². The molecule has 2 aliphatic heterocycles. The maximum absolute atomic E-state index is 14.5. The van der Waals surface area contributed by atoms with Gasteiger partial charge < -0.3 is 14.7 Å². The summed E-state index contributed by atoms with van der Waals surface area (Å²) in [7, 11) is 1.60. The summed E-state index contributed by atoms with van der Waals surface area (Å²) in [5.74, 6) is 0.403. The lowest BCUT2D eigenvalue weighted by Crippen LogP contribution is -2.47. The van der Waals surface area contributed by atoms with Gasteiger partial charge in [0, 0.05) is 24.2 Å². The van der Waals surface area contributed by atoms with Crippen LogP contribution in [0.4, 0.5) is 4.39 Å². The molecule has 7 heteroatoms. The monoisotopic (exact) mass is 394 g/mol. The van der Waals surface area contributed by atoms with E-state index in [0.717, 1.165) is 18.1 Å². The minimum atomic E-state index is -1.35. The average molecular weight is 395 g/mol. The largest absolute Gasteiger partial charge is 0.497 e. The molecule has 0 saturated carbocycles. The number of thioether (sulfide) groups is 1. The smallest absolute Gasteiger partial charge is 0.182 e. The first-order chi connectivity index (χ1) is 12.1. The van der Waals surface area contributed by atoms with Gasteiger partial charge in [-0.15, -0.1) is 12.4 Å². The Kier molecular flexibility index (Phi) is 5.46. The number of aliphatic hydroxyl groups is 1. The second-order valence-electron chi connectivity index (χ2n) is 6.14. The topological polar surface area (TPSA) is 45.1 Å². The predicted octanol–water partition coefficient (Wildman–Crippen LogP) is 3.95. The number of hydrogen-bond acceptors (Lipinski definition) is 5. The van der Waals surface area contributed by atoms with Crippen LogP contribution in [0.2, 0.25) is 0 Å². The van der Waals surface area contributed by atoms with Gasteiger partial charge in [-0.05, 0) is 24.6 Å². The van der Waals surface area contributed by atoms with Gasteiger partial charge in [-0.1, -0.05) is 42.1 Å². The summed E-state index contributed by atoms with van der Waals surface area (Å²) in [5.41, 5.74) is -0.151. The number of methoxy groups -OCH3 is 1. The number of nitrogens with zero attached hydrogens (tertiary/aromatic N) is 2. The molecule has 2 atom stereocenters. The third kappa shape index (κ3) is 2.96. The molecular weight excluding hydrogens is 375 g/mol. The van der Waals surface area contributed by atoms with Crippen molar-refractivity contribution in [2.45, 2.75) is 17.4 Å². The molecule has 0 aliphatic carbocycles. The highest BCUT2D eigenvalue weighted by Gasteiger charge is 2.54. The molecule has 4 rings (SSSR count). The SMILES string of the molecule is COc1ccc(C2(O)C(c3ccccc3F)SC3=NCCCN32)cc1.Cl. The van der Waals surface area contributed by atoms with E-state index < -0.39 is 11.0 Å². The number of benzene rings is 2. The van der Waals surface area contributed by atoms with E-state index in [-0.39, 0.29) is 18.2 Å². The molecule has 2 aliphatic rings. The summed E-state index contributed by atoms with van der Waals surface area (Å²) in [6, 6.07) is 13.9. The molecule has 4 nitrogen and oxygen atoms in total. The fourth-order valence-corrected chi connectivity index (χ4v) is 4.92. The fourth-order valence-electron chi connectivity index (χ4n) is 3.44. The van der Waals surface area contributed by atoms with Crippen LogP contribution in [0.5, 0.6) is 5.75 Å². The Morgan fingerprint density at radius 1 is 1.23 bits per heavy atom. The van der Waals surface area contributed by atoms with Crippen LogP contribution in [0.1, 0.15) is 22.8 Å². The van der Waals surface area contributed by atoms with Gasteiger partial charge in [0.1, 0.15) is 11.6 Å². The number of rotatable bonds is 3. The van der Waals surface area contributed by atoms with Crippen LogP contribution >= 0.6 is 24.2 Å². The molecule has 2 heterocycles. The van der Waals surface area contributed by atoms with E-state index in [9.17, 15) is 9.50 Å². The second-order valence-corrected chi connectivity index (χ2v) is 7.22. The van der Waals surface area contributed by atoms with E-state index in [1.54, 1.807) is 25.3 Å². The Balaban J connectivity index is 0.00000196. The van der Waals surface area contributed by atoms with Crippen molar-refractivity contribution in [2.24, 2.45) is 4.99 Å². The van der Waals surface area contributed by atoms with Crippen molar-refractivity contribution in [1.82, 2.24) is 4.90 Å². The summed E-state index contributed by atoms with van der Waals surface area (Å²) in [6.07, 6.45) is 0.868. The number of ether oxygens (including phenoxy) is 1. The molecule has 0 amide bonds. The van der Waals surface area contributed by atoms with Crippen LogP contribution in [-0.2, 0) is 5.72 Å². The van der Waals surface area contributed by atoms with Crippen molar-refractivity contribution < 1.29 is 14.2 Å². The van der Waals surface area contributed by atoms with Gasteiger partial charge in [0.15, 0.2) is 10.9 Å². The average Bonchev–Trinajstić information content (AvgIpc) is 2.96. The number of aliphatic imine (C=N–C) groups is 1. The zero-order valence-corrected chi connectivity index (χ0v) is 15.9. The molecule has 0 aromatic heterocycles. The lowest BCUT2D eigenvalue weighted by molar-refractivity contribution is -0.0737. The molecule has 1 saturated heterocycles. The molecule has 0 radical (unpaired) electrons. The van der Waals surface area contributed by atoms with Gasteiger partial charge in [-0.2, -0.15) is 0 Å². The Morgan fingerprint density at radius 2 is 1.96 bits per heavy atom. The van der Waals surface area contributed by atoms with Gasteiger partial charge >= 0.3 is 0 Å². The molecule has 138 valence electrons. The molecule has 2 aromatic rings. The standard InChI is InChI=1S/C19H19FN2O2S.ClH/c1-24-14-9-7-13(8-10-14)19(23)17(15-5-2-3-6-16(15)20)25-18-21-11-4-12-22(18)19;/h2-3,5-10,17,23H,4,11-12H2,1H3;1H.